The Bertz CT molecular complexity index is 509. The fourth-order valence-electron chi connectivity index (χ4n) is 1.75. The number of aliphatic hydroxyl groups is 1. The molecule has 0 aliphatic carbocycles. The highest BCUT2D eigenvalue weighted by Gasteiger charge is 2.23. The van der Waals surface area contributed by atoms with E-state index in [-0.39, 0.29) is 17.4 Å². The van der Waals surface area contributed by atoms with Gasteiger partial charge in [0.2, 0.25) is 10.0 Å². The fourth-order valence-corrected chi connectivity index (χ4v) is 3.35. The summed E-state index contributed by atoms with van der Waals surface area (Å²) in [6, 6.07) is 4.74. The van der Waals surface area contributed by atoms with Crippen molar-refractivity contribution in [3.05, 3.63) is 29.3 Å². The molecule has 2 N–H and O–H groups in total. The Labute approximate surface area is 109 Å². The topological polar surface area (TPSA) is 66.4 Å². The predicted octanol–water partition coefficient (Wildman–Crippen LogP) is 1.60. The average Bonchev–Trinajstić information content (AvgIpc) is 2.24. The van der Waals surface area contributed by atoms with E-state index >= 15 is 0 Å². The quantitative estimate of drug-likeness (QED) is 0.855. The van der Waals surface area contributed by atoms with E-state index in [2.05, 4.69) is 4.72 Å². The van der Waals surface area contributed by atoms with Gasteiger partial charge in [-0.1, -0.05) is 31.5 Å². The largest absolute Gasteiger partial charge is 0.395 e. The summed E-state index contributed by atoms with van der Waals surface area (Å²) in [6.45, 7) is 7.21. The van der Waals surface area contributed by atoms with Crippen LogP contribution in [0.2, 0.25) is 0 Å². The lowest BCUT2D eigenvalue weighted by Gasteiger charge is -2.20. The van der Waals surface area contributed by atoms with Gasteiger partial charge in [0.05, 0.1) is 11.5 Å². The van der Waals surface area contributed by atoms with Crippen molar-refractivity contribution in [1.82, 2.24) is 4.72 Å². The monoisotopic (exact) mass is 271 g/mol. The molecule has 4 nitrogen and oxygen atoms in total. The molecule has 0 saturated heterocycles. The Kier molecular flexibility index (Phi) is 4.90. The van der Waals surface area contributed by atoms with Crippen LogP contribution in [0.1, 0.15) is 25.0 Å². The second kappa shape index (κ2) is 5.82. The molecule has 0 saturated carbocycles. The van der Waals surface area contributed by atoms with Crippen LogP contribution in [0.15, 0.2) is 23.1 Å². The van der Waals surface area contributed by atoms with Gasteiger partial charge in [0.1, 0.15) is 0 Å². The lowest BCUT2D eigenvalue weighted by atomic mass is 10.1. The molecule has 0 aliphatic rings. The third-order valence-corrected chi connectivity index (χ3v) is 4.58. The Morgan fingerprint density at radius 1 is 1.28 bits per heavy atom. The minimum Gasteiger partial charge on any atom is -0.395 e. The Hall–Kier alpha value is -0.910. The van der Waals surface area contributed by atoms with Gasteiger partial charge in [-0.15, -0.1) is 0 Å². The maximum Gasteiger partial charge on any atom is 0.241 e. The predicted molar refractivity (Wildman–Crippen MR) is 71.9 cm³/mol. The van der Waals surface area contributed by atoms with E-state index in [9.17, 15) is 13.5 Å². The summed E-state index contributed by atoms with van der Waals surface area (Å²) in [7, 11) is -3.57. The molecule has 0 aliphatic heterocycles. The molecule has 0 spiro atoms. The van der Waals surface area contributed by atoms with Crippen LogP contribution in [-0.4, -0.2) is 26.2 Å². The molecular weight excluding hydrogens is 250 g/mol. The van der Waals surface area contributed by atoms with Crippen molar-refractivity contribution in [2.45, 2.75) is 38.6 Å². The molecule has 0 bridgehead atoms. The summed E-state index contributed by atoms with van der Waals surface area (Å²) in [5, 5.41) is 9.19. The number of hydrogen-bond donors (Lipinski definition) is 2. The van der Waals surface area contributed by atoms with Gasteiger partial charge in [0.15, 0.2) is 0 Å². The van der Waals surface area contributed by atoms with Gasteiger partial charge in [-0.3, -0.25) is 0 Å². The van der Waals surface area contributed by atoms with Crippen LogP contribution in [0.3, 0.4) is 0 Å². The molecule has 0 amide bonds. The van der Waals surface area contributed by atoms with E-state index in [1.165, 1.54) is 0 Å². The Morgan fingerprint density at radius 3 is 2.33 bits per heavy atom. The molecule has 18 heavy (non-hydrogen) atoms. The third kappa shape index (κ3) is 3.54. The van der Waals surface area contributed by atoms with Gasteiger partial charge >= 0.3 is 0 Å². The first-order valence-electron chi connectivity index (χ1n) is 5.98. The summed E-state index contributed by atoms with van der Waals surface area (Å²) in [4.78, 5) is 0.271. The summed E-state index contributed by atoms with van der Waals surface area (Å²) in [5.41, 5.74) is 1.73. The molecule has 0 heterocycles. The Morgan fingerprint density at radius 2 is 1.89 bits per heavy atom. The van der Waals surface area contributed by atoms with E-state index in [1.54, 1.807) is 19.1 Å². The van der Waals surface area contributed by atoms with Gasteiger partial charge in [-0.25, -0.2) is 13.1 Å². The van der Waals surface area contributed by atoms with Crippen LogP contribution >= 0.6 is 0 Å². The zero-order chi connectivity index (χ0) is 13.9. The molecule has 0 fully saturated rings. The summed E-state index contributed by atoms with van der Waals surface area (Å²) < 4.78 is 27.0. The first kappa shape index (κ1) is 15.1. The van der Waals surface area contributed by atoms with Crippen molar-refractivity contribution in [3.8, 4) is 0 Å². The van der Waals surface area contributed by atoms with Gasteiger partial charge in [0.25, 0.3) is 0 Å². The molecule has 1 atom stereocenters. The van der Waals surface area contributed by atoms with Crippen LogP contribution in [0, 0.1) is 19.8 Å². The van der Waals surface area contributed by atoms with Crippen LogP contribution in [0.4, 0.5) is 0 Å². The van der Waals surface area contributed by atoms with Crippen molar-refractivity contribution in [2.75, 3.05) is 6.61 Å². The minimum atomic E-state index is -3.57. The van der Waals surface area contributed by atoms with Crippen LogP contribution < -0.4 is 4.72 Å². The van der Waals surface area contributed by atoms with Crippen LogP contribution in [0.25, 0.3) is 0 Å². The first-order valence-corrected chi connectivity index (χ1v) is 7.46. The zero-order valence-corrected chi connectivity index (χ0v) is 12.1. The van der Waals surface area contributed by atoms with Crippen molar-refractivity contribution in [2.24, 2.45) is 5.92 Å². The first-order chi connectivity index (χ1) is 8.27. The smallest absolute Gasteiger partial charge is 0.241 e. The summed E-state index contributed by atoms with van der Waals surface area (Å²) in [6.07, 6.45) is 0. The molecule has 1 unspecified atom stereocenters. The normalized spacial score (nSPS) is 13.9. The Balaban J connectivity index is 3.06. The zero-order valence-electron chi connectivity index (χ0n) is 11.3. The number of rotatable bonds is 5. The van der Waals surface area contributed by atoms with Gasteiger partial charge in [-0.05, 0) is 31.4 Å². The molecule has 102 valence electrons. The lowest BCUT2D eigenvalue weighted by Crippen LogP contribution is -2.41. The van der Waals surface area contributed by atoms with Gasteiger partial charge in [0, 0.05) is 6.04 Å². The maximum absolute atomic E-state index is 12.2. The molecule has 0 radical (unpaired) electrons. The number of hydrogen-bond acceptors (Lipinski definition) is 3. The molecule has 1 aromatic carbocycles. The number of nitrogens with one attached hydrogen (secondary N) is 1. The maximum atomic E-state index is 12.2. The lowest BCUT2D eigenvalue weighted by molar-refractivity contribution is 0.227. The molecule has 1 aromatic rings. The highest BCUT2D eigenvalue weighted by molar-refractivity contribution is 7.89. The third-order valence-electron chi connectivity index (χ3n) is 2.93. The standard InChI is InChI=1S/C13H21NO3S/c1-9(2)12(8-15)14-18(16,17)13-6-5-10(3)7-11(13)4/h5-7,9,12,14-15H,8H2,1-4H3. The van der Waals surface area contributed by atoms with Crippen LogP contribution in [0.5, 0.6) is 0 Å². The second-order valence-electron chi connectivity index (χ2n) is 4.92. The highest BCUT2D eigenvalue weighted by Crippen LogP contribution is 2.17. The SMILES string of the molecule is Cc1ccc(S(=O)(=O)NC(CO)C(C)C)c(C)c1. The fraction of sp³-hybridized carbons (Fsp3) is 0.538. The van der Waals surface area contributed by atoms with Crippen LogP contribution in [-0.2, 0) is 10.0 Å². The number of sulfonamides is 1. The minimum absolute atomic E-state index is 0.0375. The van der Waals surface area contributed by atoms with Crippen molar-refractivity contribution in [3.63, 3.8) is 0 Å². The van der Waals surface area contributed by atoms with E-state index in [0.717, 1.165) is 5.56 Å². The number of benzene rings is 1. The number of aliphatic hydroxyl groups excluding tert-OH is 1. The summed E-state index contributed by atoms with van der Waals surface area (Å²) >= 11 is 0. The molecule has 5 heteroatoms. The molecule has 1 rings (SSSR count). The van der Waals surface area contributed by atoms with Crippen molar-refractivity contribution < 1.29 is 13.5 Å². The molecule has 0 aromatic heterocycles. The van der Waals surface area contributed by atoms with E-state index in [1.807, 2.05) is 26.8 Å². The second-order valence-corrected chi connectivity index (χ2v) is 6.61. The van der Waals surface area contributed by atoms with Gasteiger partial charge in [-0.2, -0.15) is 0 Å². The average molecular weight is 271 g/mol. The summed E-state index contributed by atoms with van der Waals surface area (Å²) in [5.74, 6) is 0.0375. The van der Waals surface area contributed by atoms with Gasteiger partial charge < -0.3 is 5.11 Å². The van der Waals surface area contributed by atoms with Crippen molar-refractivity contribution in [1.29, 1.82) is 0 Å². The highest BCUT2D eigenvalue weighted by atomic mass is 32.2. The van der Waals surface area contributed by atoms with E-state index in [0.29, 0.717) is 5.56 Å². The van der Waals surface area contributed by atoms with E-state index < -0.39 is 16.1 Å². The number of aryl methyl sites for hydroxylation is 2. The van der Waals surface area contributed by atoms with Crippen molar-refractivity contribution >= 4 is 10.0 Å². The molecular formula is C13H21NO3S. The van der Waals surface area contributed by atoms with E-state index in [4.69, 9.17) is 0 Å².